The molecule has 0 radical (unpaired) electrons. The molecule has 1 fully saturated rings. The van der Waals surface area contributed by atoms with E-state index in [0.29, 0.717) is 18.0 Å². The number of hydrogen-bond acceptors (Lipinski definition) is 3. The van der Waals surface area contributed by atoms with Crippen LogP contribution in [0.25, 0.3) is 0 Å². The summed E-state index contributed by atoms with van der Waals surface area (Å²) in [6.45, 7) is 4.88. The minimum absolute atomic E-state index is 0.0521. The maximum absolute atomic E-state index is 13.0. The molecule has 1 heterocycles. The lowest BCUT2D eigenvalue weighted by atomic mass is 10.1. The number of carbonyl (C=O) groups excluding carboxylic acids is 1. The Bertz CT molecular complexity index is 696. The SMILES string of the molecule is CC(C)CN(CC(O)c1ccc(F)cc1)C(=O)C1CC1c1ccco1. The first-order chi connectivity index (χ1) is 12.0. The normalized spacial score (nSPS) is 20.5. The van der Waals surface area contributed by atoms with E-state index in [1.165, 1.54) is 12.1 Å². The molecule has 0 spiro atoms. The third kappa shape index (κ3) is 4.28. The van der Waals surface area contributed by atoms with Gasteiger partial charge < -0.3 is 14.4 Å². The molecule has 1 aliphatic rings. The highest BCUT2D eigenvalue weighted by Gasteiger charge is 2.47. The summed E-state index contributed by atoms with van der Waals surface area (Å²) in [5.74, 6) is 0.916. The van der Waals surface area contributed by atoms with Gasteiger partial charge in [-0.25, -0.2) is 4.39 Å². The monoisotopic (exact) mass is 345 g/mol. The van der Waals surface area contributed by atoms with E-state index in [4.69, 9.17) is 4.42 Å². The number of rotatable bonds is 7. The van der Waals surface area contributed by atoms with Gasteiger partial charge >= 0.3 is 0 Å². The molecule has 1 N–H and O–H groups in total. The van der Waals surface area contributed by atoms with Gasteiger partial charge in [0.2, 0.25) is 5.91 Å². The molecule has 4 nitrogen and oxygen atoms in total. The lowest BCUT2D eigenvalue weighted by molar-refractivity contribution is -0.134. The van der Waals surface area contributed by atoms with E-state index >= 15 is 0 Å². The maximum atomic E-state index is 13.0. The van der Waals surface area contributed by atoms with Crippen LogP contribution in [0.5, 0.6) is 0 Å². The Kier molecular flexibility index (Phi) is 5.23. The van der Waals surface area contributed by atoms with Crippen molar-refractivity contribution < 1.29 is 18.7 Å². The number of carbonyl (C=O) groups is 1. The minimum Gasteiger partial charge on any atom is -0.469 e. The first kappa shape index (κ1) is 17.7. The lowest BCUT2D eigenvalue weighted by Gasteiger charge is -2.27. The molecule has 5 heteroatoms. The van der Waals surface area contributed by atoms with Gasteiger partial charge in [0.05, 0.1) is 18.9 Å². The predicted molar refractivity (Wildman–Crippen MR) is 92.3 cm³/mol. The fourth-order valence-corrected chi connectivity index (χ4v) is 3.21. The third-order valence-electron chi connectivity index (χ3n) is 4.56. The largest absolute Gasteiger partial charge is 0.469 e. The van der Waals surface area contributed by atoms with Gasteiger partial charge in [-0.15, -0.1) is 0 Å². The van der Waals surface area contributed by atoms with Crippen molar-refractivity contribution in [2.75, 3.05) is 13.1 Å². The number of halogens is 1. The van der Waals surface area contributed by atoms with Gasteiger partial charge in [-0.1, -0.05) is 26.0 Å². The van der Waals surface area contributed by atoms with Crippen LogP contribution in [0.3, 0.4) is 0 Å². The number of nitrogens with zero attached hydrogens (tertiary/aromatic N) is 1. The molecule has 0 aliphatic heterocycles. The zero-order chi connectivity index (χ0) is 18.0. The average Bonchev–Trinajstić information content (AvgIpc) is 3.18. The Balaban J connectivity index is 1.67. The minimum atomic E-state index is -0.830. The van der Waals surface area contributed by atoms with Crippen LogP contribution in [0.1, 0.15) is 43.6 Å². The number of amides is 1. The Labute approximate surface area is 147 Å². The lowest BCUT2D eigenvalue weighted by Crippen LogP contribution is -2.38. The molecule has 134 valence electrons. The van der Waals surface area contributed by atoms with Crippen LogP contribution in [0.4, 0.5) is 4.39 Å². The van der Waals surface area contributed by atoms with Gasteiger partial charge in [0.1, 0.15) is 11.6 Å². The second-order valence-corrected chi connectivity index (χ2v) is 7.17. The molecular weight excluding hydrogens is 321 g/mol. The average molecular weight is 345 g/mol. The molecule has 1 aliphatic carbocycles. The van der Waals surface area contributed by atoms with Crippen LogP contribution in [-0.2, 0) is 4.79 Å². The number of aliphatic hydroxyl groups is 1. The van der Waals surface area contributed by atoms with Crippen LogP contribution in [-0.4, -0.2) is 29.0 Å². The standard InChI is InChI=1S/C20H24FNO3/c1-13(2)11-22(12-18(23)14-5-7-15(21)8-6-14)20(24)17-10-16(17)19-4-3-9-25-19/h3-9,13,16-18,23H,10-12H2,1-2H3. The molecule has 1 aromatic heterocycles. The Morgan fingerprint density at radius 2 is 2.00 bits per heavy atom. The summed E-state index contributed by atoms with van der Waals surface area (Å²) in [6, 6.07) is 9.49. The van der Waals surface area contributed by atoms with Crippen LogP contribution in [0.15, 0.2) is 47.1 Å². The van der Waals surface area contributed by atoms with Crippen molar-refractivity contribution in [2.24, 2.45) is 11.8 Å². The molecule has 0 bridgehead atoms. The first-order valence-electron chi connectivity index (χ1n) is 8.71. The number of benzene rings is 1. The quantitative estimate of drug-likeness (QED) is 0.832. The van der Waals surface area contributed by atoms with Crippen LogP contribution in [0.2, 0.25) is 0 Å². The number of furan rings is 1. The van der Waals surface area contributed by atoms with Gasteiger partial charge in [-0.3, -0.25) is 4.79 Å². The molecule has 1 saturated carbocycles. The molecule has 0 saturated heterocycles. The summed E-state index contributed by atoms with van der Waals surface area (Å²) in [5.41, 5.74) is 0.612. The zero-order valence-corrected chi connectivity index (χ0v) is 14.6. The zero-order valence-electron chi connectivity index (χ0n) is 14.6. The highest BCUT2D eigenvalue weighted by molar-refractivity contribution is 5.83. The van der Waals surface area contributed by atoms with E-state index in [9.17, 15) is 14.3 Å². The van der Waals surface area contributed by atoms with Gasteiger partial charge in [0, 0.05) is 18.4 Å². The highest BCUT2D eigenvalue weighted by atomic mass is 19.1. The third-order valence-corrected chi connectivity index (χ3v) is 4.56. The molecule has 1 amide bonds. The number of aliphatic hydroxyl groups excluding tert-OH is 1. The topological polar surface area (TPSA) is 53.7 Å². The fourth-order valence-electron chi connectivity index (χ4n) is 3.21. The summed E-state index contributed by atoms with van der Waals surface area (Å²) < 4.78 is 18.5. The Morgan fingerprint density at radius 1 is 1.28 bits per heavy atom. The first-order valence-corrected chi connectivity index (χ1v) is 8.71. The van der Waals surface area contributed by atoms with E-state index in [2.05, 4.69) is 0 Å². The van der Waals surface area contributed by atoms with Gasteiger partial charge in [0.25, 0.3) is 0 Å². The van der Waals surface area contributed by atoms with E-state index in [0.717, 1.165) is 12.2 Å². The molecule has 1 aromatic carbocycles. The smallest absolute Gasteiger partial charge is 0.226 e. The molecule has 3 unspecified atom stereocenters. The molecule has 3 atom stereocenters. The predicted octanol–water partition coefficient (Wildman–Crippen LogP) is 3.74. The number of hydrogen-bond donors (Lipinski definition) is 1. The van der Waals surface area contributed by atoms with Crippen molar-refractivity contribution in [2.45, 2.75) is 32.3 Å². The Morgan fingerprint density at radius 3 is 2.60 bits per heavy atom. The summed E-state index contributed by atoms with van der Waals surface area (Å²) >= 11 is 0. The summed E-state index contributed by atoms with van der Waals surface area (Å²) in [4.78, 5) is 14.6. The van der Waals surface area contributed by atoms with E-state index in [1.807, 2.05) is 26.0 Å². The van der Waals surface area contributed by atoms with Gasteiger partial charge in [0.15, 0.2) is 0 Å². The van der Waals surface area contributed by atoms with Gasteiger partial charge in [-0.05, 0) is 42.2 Å². The molecule has 25 heavy (non-hydrogen) atoms. The molecule has 2 aromatic rings. The van der Waals surface area contributed by atoms with Crippen LogP contribution in [0, 0.1) is 17.7 Å². The van der Waals surface area contributed by atoms with Crippen molar-refractivity contribution in [1.82, 2.24) is 4.90 Å². The van der Waals surface area contributed by atoms with E-state index in [-0.39, 0.29) is 30.1 Å². The van der Waals surface area contributed by atoms with E-state index in [1.54, 1.807) is 23.3 Å². The summed E-state index contributed by atoms with van der Waals surface area (Å²) in [6.07, 6.45) is 1.58. The van der Waals surface area contributed by atoms with Crippen molar-refractivity contribution in [1.29, 1.82) is 0 Å². The van der Waals surface area contributed by atoms with E-state index < -0.39 is 6.10 Å². The fraction of sp³-hybridized carbons (Fsp3) is 0.450. The van der Waals surface area contributed by atoms with Crippen molar-refractivity contribution >= 4 is 5.91 Å². The maximum Gasteiger partial charge on any atom is 0.226 e. The molecule has 3 rings (SSSR count). The highest BCUT2D eigenvalue weighted by Crippen LogP contribution is 2.48. The van der Waals surface area contributed by atoms with Crippen molar-refractivity contribution in [3.63, 3.8) is 0 Å². The summed E-state index contributed by atoms with van der Waals surface area (Å²) in [5, 5.41) is 10.5. The van der Waals surface area contributed by atoms with Gasteiger partial charge in [-0.2, -0.15) is 0 Å². The summed E-state index contributed by atoms with van der Waals surface area (Å²) in [7, 11) is 0. The van der Waals surface area contributed by atoms with Crippen molar-refractivity contribution in [3.05, 3.63) is 59.8 Å². The van der Waals surface area contributed by atoms with Crippen LogP contribution < -0.4 is 0 Å². The van der Waals surface area contributed by atoms with Crippen molar-refractivity contribution in [3.8, 4) is 0 Å². The molecular formula is C20H24FNO3. The Hall–Kier alpha value is -2.14. The second-order valence-electron chi connectivity index (χ2n) is 7.17. The van der Waals surface area contributed by atoms with Crippen LogP contribution >= 0.6 is 0 Å². The second kappa shape index (κ2) is 7.40.